The fraction of sp³-hybridized carbons (Fsp3) is 0.273. The largest absolute Gasteiger partial charge is 0.352 e. The molecule has 0 aromatic carbocycles. The maximum absolute atomic E-state index is 11.9. The SMILES string of the molecule is CC(C)C(=O)c1c[nH]c2sccc2c1=O. The molecule has 4 heteroatoms. The first-order valence-electron chi connectivity index (χ1n) is 4.74. The van der Waals surface area contributed by atoms with E-state index in [1.54, 1.807) is 19.9 Å². The zero-order chi connectivity index (χ0) is 11.0. The minimum atomic E-state index is -0.163. The van der Waals surface area contributed by atoms with Gasteiger partial charge in [-0.05, 0) is 11.4 Å². The van der Waals surface area contributed by atoms with Gasteiger partial charge in [-0.15, -0.1) is 11.3 Å². The summed E-state index contributed by atoms with van der Waals surface area (Å²) >= 11 is 1.46. The van der Waals surface area contributed by atoms with E-state index in [-0.39, 0.29) is 22.7 Å². The van der Waals surface area contributed by atoms with Crippen LogP contribution < -0.4 is 5.43 Å². The summed E-state index contributed by atoms with van der Waals surface area (Å²) in [5, 5.41) is 2.44. The van der Waals surface area contributed by atoms with Gasteiger partial charge in [-0.2, -0.15) is 0 Å². The predicted molar refractivity (Wildman–Crippen MR) is 61.6 cm³/mol. The summed E-state index contributed by atoms with van der Waals surface area (Å²) in [6, 6.07) is 1.75. The third-order valence-electron chi connectivity index (χ3n) is 2.29. The predicted octanol–water partition coefficient (Wildman–Crippen LogP) is 2.43. The zero-order valence-electron chi connectivity index (χ0n) is 8.53. The van der Waals surface area contributed by atoms with Crippen LogP contribution in [-0.2, 0) is 0 Å². The Hall–Kier alpha value is -1.42. The van der Waals surface area contributed by atoms with Crippen molar-refractivity contribution < 1.29 is 4.79 Å². The zero-order valence-corrected chi connectivity index (χ0v) is 9.35. The van der Waals surface area contributed by atoms with Gasteiger partial charge in [0.25, 0.3) is 0 Å². The van der Waals surface area contributed by atoms with E-state index >= 15 is 0 Å². The van der Waals surface area contributed by atoms with Gasteiger partial charge in [0.1, 0.15) is 4.83 Å². The van der Waals surface area contributed by atoms with Crippen LogP contribution in [-0.4, -0.2) is 10.8 Å². The van der Waals surface area contributed by atoms with E-state index in [2.05, 4.69) is 4.98 Å². The molecule has 78 valence electrons. The summed E-state index contributed by atoms with van der Waals surface area (Å²) in [7, 11) is 0. The van der Waals surface area contributed by atoms with Crippen molar-refractivity contribution in [3.05, 3.63) is 33.4 Å². The Balaban J connectivity index is 2.68. The number of aromatic amines is 1. The number of thiophene rings is 1. The minimum Gasteiger partial charge on any atom is -0.352 e. The van der Waals surface area contributed by atoms with E-state index in [1.165, 1.54) is 17.5 Å². The molecule has 0 spiro atoms. The fourth-order valence-corrected chi connectivity index (χ4v) is 2.20. The minimum absolute atomic E-state index is 0.107. The number of aromatic nitrogens is 1. The van der Waals surface area contributed by atoms with Gasteiger partial charge in [-0.3, -0.25) is 9.59 Å². The van der Waals surface area contributed by atoms with Crippen molar-refractivity contribution in [3.63, 3.8) is 0 Å². The van der Waals surface area contributed by atoms with Gasteiger partial charge in [0.2, 0.25) is 5.43 Å². The van der Waals surface area contributed by atoms with Gasteiger partial charge in [0, 0.05) is 12.1 Å². The lowest BCUT2D eigenvalue weighted by Gasteiger charge is -2.02. The van der Waals surface area contributed by atoms with Crippen LogP contribution in [0.5, 0.6) is 0 Å². The number of carbonyl (C=O) groups is 1. The van der Waals surface area contributed by atoms with Gasteiger partial charge in [-0.1, -0.05) is 13.8 Å². The number of rotatable bonds is 2. The smallest absolute Gasteiger partial charge is 0.201 e. The van der Waals surface area contributed by atoms with Crippen molar-refractivity contribution >= 4 is 27.3 Å². The van der Waals surface area contributed by atoms with E-state index < -0.39 is 0 Å². The van der Waals surface area contributed by atoms with E-state index in [0.717, 1.165) is 4.83 Å². The first kappa shape index (κ1) is 10.1. The van der Waals surface area contributed by atoms with Gasteiger partial charge < -0.3 is 4.98 Å². The number of fused-ring (bicyclic) bond motifs is 1. The topological polar surface area (TPSA) is 49.9 Å². The second-order valence-electron chi connectivity index (χ2n) is 3.71. The van der Waals surface area contributed by atoms with Crippen LogP contribution in [0.25, 0.3) is 10.2 Å². The van der Waals surface area contributed by atoms with Crippen molar-refractivity contribution in [1.29, 1.82) is 0 Å². The average Bonchev–Trinajstić information content (AvgIpc) is 2.66. The molecular formula is C11H11NO2S. The number of hydrogen-bond donors (Lipinski definition) is 1. The summed E-state index contributed by atoms with van der Waals surface area (Å²) < 4.78 is 0. The number of nitrogens with one attached hydrogen (secondary N) is 1. The molecule has 15 heavy (non-hydrogen) atoms. The molecule has 3 nitrogen and oxygen atoms in total. The molecule has 2 aromatic heterocycles. The lowest BCUT2D eigenvalue weighted by atomic mass is 10.0. The molecule has 2 heterocycles. The first-order valence-corrected chi connectivity index (χ1v) is 5.62. The summed E-state index contributed by atoms with van der Waals surface area (Å²) in [4.78, 5) is 27.4. The Morgan fingerprint density at radius 2 is 2.20 bits per heavy atom. The second kappa shape index (κ2) is 3.62. The standard InChI is InChI=1S/C11H11NO2S/c1-6(2)9(13)8-5-12-11-7(10(8)14)3-4-15-11/h3-6H,1-2H3,(H,12,14). The summed E-state index contributed by atoms with van der Waals surface area (Å²) in [6.07, 6.45) is 1.52. The van der Waals surface area contributed by atoms with Crippen LogP contribution in [0.15, 0.2) is 22.4 Å². The number of ketones is 1. The van der Waals surface area contributed by atoms with E-state index in [9.17, 15) is 9.59 Å². The van der Waals surface area contributed by atoms with Crippen molar-refractivity contribution in [1.82, 2.24) is 4.98 Å². The highest BCUT2D eigenvalue weighted by Crippen LogP contribution is 2.15. The normalized spacial score (nSPS) is 11.1. The van der Waals surface area contributed by atoms with Crippen LogP contribution in [0.2, 0.25) is 0 Å². The number of carbonyl (C=O) groups excluding carboxylic acids is 1. The number of Topliss-reactive ketones (excluding diaryl/α,β-unsaturated/α-hetero) is 1. The Morgan fingerprint density at radius 3 is 2.87 bits per heavy atom. The van der Waals surface area contributed by atoms with Gasteiger partial charge >= 0.3 is 0 Å². The lowest BCUT2D eigenvalue weighted by molar-refractivity contribution is 0.0938. The number of H-pyrrole nitrogens is 1. The van der Waals surface area contributed by atoms with E-state index in [1.807, 2.05) is 5.38 Å². The van der Waals surface area contributed by atoms with Crippen molar-refractivity contribution in [2.24, 2.45) is 5.92 Å². The van der Waals surface area contributed by atoms with Crippen LogP contribution in [0.4, 0.5) is 0 Å². The quantitative estimate of drug-likeness (QED) is 0.792. The Kier molecular flexibility index (Phi) is 2.44. The van der Waals surface area contributed by atoms with Crippen molar-refractivity contribution in [2.45, 2.75) is 13.8 Å². The molecule has 0 aliphatic carbocycles. The Labute approximate surface area is 90.8 Å². The summed E-state index contributed by atoms with van der Waals surface area (Å²) in [6.45, 7) is 3.58. The monoisotopic (exact) mass is 221 g/mol. The third kappa shape index (κ3) is 1.61. The lowest BCUT2D eigenvalue weighted by Crippen LogP contribution is -2.19. The van der Waals surface area contributed by atoms with Crippen LogP contribution in [0.1, 0.15) is 24.2 Å². The van der Waals surface area contributed by atoms with E-state index in [0.29, 0.717) is 5.39 Å². The molecule has 0 unspecified atom stereocenters. The molecule has 0 amide bonds. The van der Waals surface area contributed by atoms with Gasteiger partial charge in [0.05, 0.1) is 10.9 Å². The highest BCUT2D eigenvalue weighted by Gasteiger charge is 2.15. The van der Waals surface area contributed by atoms with E-state index in [4.69, 9.17) is 0 Å². The molecule has 0 bridgehead atoms. The van der Waals surface area contributed by atoms with Crippen molar-refractivity contribution in [3.8, 4) is 0 Å². The molecule has 0 aliphatic rings. The maximum Gasteiger partial charge on any atom is 0.201 e. The van der Waals surface area contributed by atoms with Crippen LogP contribution in [0.3, 0.4) is 0 Å². The third-order valence-corrected chi connectivity index (χ3v) is 3.14. The molecule has 0 aliphatic heterocycles. The molecule has 2 aromatic rings. The maximum atomic E-state index is 11.9. The van der Waals surface area contributed by atoms with Crippen molar-refractivity contribution in [2.75, 3.05) is 0 Å². The number of pyridine rings is 1. The summed E-state index contributed by atoms with van der Waals surface area (Å²) in [5.41, 5.74) is 0.0969. The molecule has 0 radical (unpaired) electrons. The molecule has 0 saturated carbocycles. The molecule has 0 saturated heterocycles. The number of hydrogen-bond acceptors (Lipinski definition) is 3. The van der Waals surface area contributed by atoms with Gasteiger partial charge in [-0.25, -0.2) is 0 Å². The van der Waals surface area contributed by atoms with Gasteiger partial charge in [0.15, 0.2) is 5.78 Å². The first-order chi connectivity index (χ1) is 7.11. The Morgan fingerprint density at radius 1 is 1.47 bits per heavy atom. The Bertz CT molecular complexity index is 565. The van der Waals surface area contributed by atoms with Crippen LogP contribution in [0, 0.1) is 5.92 Å². The molecular weight excluding hydrogens is 210 g/mol. The molecule has 2 rings (SSSR count). The summed E-state index contributed by atoms with van der Waals surface area (Å²) in [5.74, 6) is -0.258. The second-order valence-corrected chi connectivity index (χ2v) is 4.63. The molecule has 0 atom stereocenters. The van der Waals surface area contributed by atoms with Crippen LogP contribution >= 0.6 is 11.3 Å². The molecule has 1 N–H and O–H groups in total. The average molecular weight is 221 g/mol. The highest BCUT2D eigenvalue weighted by molar-refractivity contribution is 7.16. The highest BCUT2D eigenvalue weighted by atomic mass is 32.1. The molecule has 0 fully saturated rings. The fourth-order valence-electron chi connectivity index (χ4n) is 1.44.